The van der Waals surface area contributed by atoms with E-state index in [1.54, 1.807) is 6.07 Å². The van der Waals surface area contributed by atoms with Crippen molar-refractivity contribution in [3.63, 3.8) is 0 Å². The predicted octanol–water partition coefficient (Wildman–Crippen LogP) is 4.19. The van der Waals surface area contributed by atoms with Gasteiger partial charge in [0.2, 0.25) is 0 Å². The summed E-state index contributed by atoms with van der Waals surface area (Å²) < 4.78 is 63.1. The summed E-state index contributed by atoms with van der Waals surface area (Å²) in [5.41, 5.74) is 7.76. The van der Waals surface area contributed by atoms with Gasteiger partial charge in [0.1, 0.15) is 12.4 Å². The Kier molecular flexibility index (Phi) is 9.76. The maximum atomic E-state index is 13.6. The third-order valence-corrected chi connectivity index (χ3v) is 5.68. The van der Waals surface area contributed by atoms with Crippen molar-refractivity contribution in [2.75, 3.05) is 26.4 Å². The topological polar surface area (TPSA) is 98.7 Å². The van der Waals surface area contributed by atoms with Crippen molar-refractivity contribution < 1.29 is 36.9 Å². The molecule has 0 aliphatic heterocycles. The fourth-order valence-electron chi connectivity index (χ4n) is 4.06. The van der Waals surface area contributed by atoms with Gasteiger partial charge >= 0.3 is 6.18 Å². The van der Waals surface area contributed by atoms with Crippen LogP contribution >= 0.6 is 0 Å². The van der Waals surface area contributed by atoms with Crippen molar-refractivity contribution in [3.05, 3.63) is 59.5 Å². The van der Waals surface area contributed by atoms with Crippen molar-refractivity contribution >= 4 is 16.8 Å². The summed E-state index contributed by atoms with van der Waals surface area (Å²) in [6.07, 6.45) is -0.614. The number of alkyl halides is 3. The number of aliphatic hydroxyl groups excluding tert-OH is 1. The average molecular weight is 526 g/mol. The molecule has 7 nitrogen and oxygen atoms in total. The van der Waals surface area contributed by atoms with E-state index < -0.39 is 24.5 Å². The number of primary amides is 1. The quantitative estimate of drug-likeness (QED) is 0.217. The number of amides is 1. The number of nitrogens with two attached hydrogens (primary N) is 1. The fraction of sp³-hybridized carbons (Fsp3) is 0.423. The molecular weight excluding hydrogens is 494 g/mol. The zero-order valence-corrected chi connectivity index (χ0v) is 20.5. The Morgan fingerprint density at radius 1 is 1.14 bits per heavy atom. The van der Waals surface area contributed by atoms with E-state index in [2.05, 4.69) is 5.32 Å². The number of aromatic nitrogens is 1. The molecule has 0 saturated heterocycles. The highest BCUT2D eigenvalue weighted by Crippen LogP contribution is 2.30. The molecule has 0 saturated carbocycles. The average Bonchev–Trinajstić information content (AvgIpc) is 3.23. The summed E-state index contributed by atoms with van der Waals surface area (Å²) in [5, 5.41) is 13.2. The number of carbonyl (C=O) groups excluding carboxylic acids is 1. The minimum Gasteiger partial charge on any atom is -0.488 e. The molecule has 3 rings (SSSR count). The Balaban J connectivity index is 1.58. The Labute approximate surface area is 212 Å². The molecular formula is C26H31F4N3O4. The highest BCUT2D eigenvalue weighted by Gasteiger charge is 2.29. The van der Waals surface area contributed by atoms with Gasteiger partial charge in [0.15, 0.2) is 18.1 Å². The number of benzene rings is 2. The van der Waals surface area contributed by atoms with Gasteiger partial charge in [-0.05, 0) is 62.1 Å². The summed E-state index contributed by atoms with van der Waals surface area (Å²) in [5.74, 6) is -1.48. The number of halogens is 4. The maximum absolute atomic E-state index is 13.6. The van der Waals surface area contributed by atoms with Crippen molar-refractivity contribution in [2.45, 2.75) is 44.9 Å². The molecule has 0 spiro atoms. The third-order valence-electron chi connectivity index (χ3n) is 5.68. The first kappa shape index (κ1) is 28.3. The SMILES string of the molecule is C[C@H](Cc1cc(C(N)=O)c2c(ccn2CCCCO)c1)NCCOc1cc(F)ccc1OCC(F)(F)F. The van der Waals surface area contributed by atoms with Crippen molar-refractivity contribution in [3.8, 4) is 11.5 Å². The van der Waals surface area contributed by atoms with E-state index in [1.807, 2.05) is 29.8 Å². The molecule has 0 unspecified atom stereocenters. The van der Waals surface area contributed by atoms with Gasteiger partial charge < -0.3 is 30.2 Å². The van der Waals surface area contributed by atoms with Gasteiger partial charge in [-0.25, -0.2) is 4.39 Å². The molecule has 202 valence electrons. The Morgan fingerprint density at radius 3 is 2.62 bits per heavy atom. The normalized spacial score (nSPS) is 12.6. The van der Waals surface area contributed by atoms with Crippen LogP contribution in [-0.2, 0) is 13.0 Å². The lowest BCUT2D eigenvalue weighted by molar-refractivity contribution is -0.153. The number of aliphatic hydroxyl groups is 1. The van der Waals surface area contributed by atoms with E-state index in [4.69, 9.17) is 20.3 Å². The Morgan fingerprint density at radius 2 is 1.92 bits per heavy atom. The van der Waals surface area contributed by atoms with Crippen LogP contribution in [0.3, 0.4) is 0 Å². The van der Waals surface area contributed by atoms with Crippen LogP contribution in [0.1, 0.15) is 35.7 Å². The van der Waals surface area contributed by atoms with Crippen LogP contribution in [0.4, 0.5) is 17.6 Å². The molecule has 11 heteroatoms. The summed E-state index contributed by atoms with van der Waals surface area (Å²) in [6.45, 7) is 1.61. The van der Waals surface area contributed by atoms with E-state index >= 15 is 0 Å². The van der Waals surface area contributed by atoms with Crippen molar-refractivity contribution in [1.82, 2.24) is 9.88 Å². The van der Waals surface area contributed by atoms with Crippen LogP contribution in [0.2, 0.25) is 0 Å². The first-order valence-corrected chi connectivity index (χ1v) is 11.9. The molecule has 0 aliphatic rings. The number of nitrogens with one attached hydrogen (secondary N) is 1. The number of ether oxygens (including phenoxy) is 2. The van der Waals surface area contributed by atoms with E-state index in [0.717, 1.165) is 41.1 Å². The minimum atomic E-state index is -4.53. The first-order valence-electron chi connectivity index (χ1n) is 11.9. The van der Waals surface area contributed by atoms with Gasteiger partial charge in [-0.15, -0.1) is 0 Å². The Bertz CT molecular complexity index is 1200. The monoisotopic (exact) mass is 525 g/mol. The Hall–Kier alpha value is -3.31. The van der Waals surface area contributed by atoms with Gasteiger partial charge in [0.05, 0.1) is 11.1 Å². The van der Waals surface area contributed by atoms with E-state index in [1.165, 1.54) is 0 Å². The lowest BCUT2D eigenvalue weighted by Crippen LogP contribution is -2.32. The van der Waals surface area contributed by atoms with Crippen LogP contribution in [0.15, 0.2) is 42.6 Å². The van der Waals surface area contributed by atoms with Crippen molar-refractivity contribution in [2.24, 2.45) is 5.73 Å². The number of carbonyl (C=O) groups is 1. The molecule has 37 heavy (non-hydrogen) atoms. The van der Waals surface area contributed by atoms with Crippen LogP contribution in [0.5, 0.6) is 11.5 Å². The molecule has 4 N–H and O–H groups in total. The molecule has 1 atom stereocenters. The highest BCUT2D eigenvalue weighted by molar-refractivity contribution is 6.05. The second kappa shape index (κ2) is 12.8. The number of hydrogen-bond acceptors (Lipinski definition) is 5. The maximum Gasteiger partial charge on any atom is 0.422 e. The van der Waals surface area contributed by atoms with Crippen LogP contribution in [0, 0.1) is 5.82 Å². The molecule has 3 aromatic rings. The third kappa shape index (κ3) is 8.36. The standard InChI is InChI=1S/C26H31F4N3O4/c1-17(32-7-11-36-23-15-20(27)4-5-22(23)37-16-26(28,29)30)12-18-13-19-6-9-33(8-2-3-10-34)24(19)21(14-18)25(31)35/h4-6,9,13-15,17,32,34H,2-3,7-8,10-12,16H2,1H3,(H2,31,35)/t17-/m1/s1. The van der Waals surface area contributed by atoms with Crippen molar-refractivity contribution in [1.29, 1.82) is 0 Å². The summed E-state index contributed by atoms with van der Waals surface area (Å²) in [6, 6.07) is 8.73. The number of unbranched alkanes of at least 4 members (excludes halogenated alkanes) is 1. The smallest absolute Gasteiger partial charge is 0.422 e. The summed E-state index contributed by atoms with van der Waals surface area (Å²) >= 11 is 0. The molecule has 1 amide bonds. The molecule has 0 aliphatic carbocycles. The summed E-state index contributed by atoms with van der Waals surface area (Å²) in [4.78, 5) is 12.2. The number of fused-ring (bicyclic) bond motifs is 1. The first-order chi connectivity index (χ1) is 17.6. The molecule has 0 fully saturated rings. The van der Waals surface area contributed by atoms with Crippen LogP contribution < -0.4 is 20.5 Å². The second-order valence-electron chi connectivity index (χ2n) is 8.79. The molecule has 2 aromatic carbocycles. The largest absolute Gasteiger partial charge is 0.488 e. The lowest BCUT2D eigenvalue weighted by atomic mass is 10.0. The predicted molar refractivity (Wildman–Crippen MR) is 131 cm³/mol. The molecule has 1 heterocycles. The zero-order valence-electron chi connectivity index (χ0n) is 20.5. The van der Waals surface area contributed by atoms with Crippen LogP contribution in [-0.4, -0.2) is 54.2 Å². The van der Waals surface area contributed by atoms with E-state index in [-0.39, 0.29) is 30.8 Å². The second-order valence-corrected chi connectivity index (χ2v) is 8.79. The lowest BCUT2D eigenvalue weighted by Gasteiger charge is -2.17. The molecule has 1 aromatic heterocycles. The van der Waals surface area contributed by atoms with Gasteiger partial charge in [-0.1, -0.05) is 0 Å². The summed E-state index contributed by atoms with van der Waals surface area (Å²) in [7, 11) is 0. The number of nitrogens with zero attached hydrogens (tertiary/aromatic N) is 1. The van der Waals surface area contributed by atoms with E-state index in [9.17, 15) is 22.4 Å². The molecule has 0 radical (unpaired) electrons. The van der Waals surface area contributed by atoms with Gasteiger partial charge in [0, 0.05) is 43.4 Å². The van der Waals surface area contributed by atoms with Gasteiger partial charge in [-0.3, -0.25) is 4.79 Å². The number of hydrogen-bond donors (Lipinski definition) is 3. The molecule has 0 bridgehead atoms. The fourth-order valence-corrected chi connectivity index (χ4v) is 4.06. The minimum absolute atomic E-state index is 0.0399. The van der Waals surface area contributed by atoms with E-state index in [0.29, 0.717) is 31.5 Å². The highest BCUT2D eigenvalue weighted by atomic mass is 19.4. The van der Waals surface area contributed by atoms with Crippen LogP contribution in [0.25, 0.3) is 10.9 Å². The number of aryl methyl sites for hydroxylation is 1. The van der Waals surface area contributed by atoms with Gasteiger partial charge in [-0.2, -0.15) is 13.2 Å². The zero-order chi connectivity index (χ0) is 27.0. The van der Waals surface area contributed by atoms with Gasteiger partial charge in [0.25, 0.3) is 5.91 Å². The number of rotatable bonds is 14.